The summed E-state index contributed by atoms with van der Waals surface area (Å²) in [5, 5.41) is 0. The van der Waals surface area contributed by atoms with E-state index in [0.29, 0.717) is 0 Å². The number of fused-ring (bicyclic) bond motifs is 1. The van der Waals surface area contributed by atoms with Crippen molar-refractivity contribution < 1.29 is 0 Å². The predicted molar refractivity (Wildman–Crippen MR) is 45.0 cm³/mol. The molecule has 12 heavy (non-hydrogen) atoms. The van der Waals surface area contributed by atoms with Crippen molar-refractivity contribution in [3.05, 3.63) is 45.5 Å². The Kier molecular flexibility index (Phi) is 2.05. The number of hydrogen-bond donors (Lipinski definition) is 1. The number of halogens is 1. The zero-order valence-corrected chi connectivity index (χ0v) is 6.75. The molecule has 0 aliphatic carbocycles. The average Bonchev–Trinajstić information content (AvgIpc) is 2.30. The highest BCUT2D eigenvalue weighted by atomic mass is 35.5. The van der Waals surface area contributed by atoms with Crippen LogP contribution < -0.4 is 11.4 Å². The van der Waals surface area contributed by atoms with Gasteiger partial charge in [-0.25, -0.2) is 18.6 Å². The third-order valence-electron chi connectivity index (χ3n) is 1.43. The first kappa shape index (κ1) is 8.61. The van der Waals surface area contributed by atoms with Crippen LogP contribution in [0.1, 0.15) is 0 Å². The van der Waals surface area contributed by atoms with Crippen LogP contribution in [0.25, 0.3) is 0 Å². The summed E-state index contributed by atoms with van der Waals surface area (Å²) in [4.78, 5) is 23.9. The molecule has 2 heterocycles. The highest BCUT2D eigenvalue weighted by molar-refractivity contribution is 5.85. The number of nitrogens with one attached hydrogen (secondary N) is 1. The average molecular weight is 188 g/mol. The molecule has 0 saturated carbocycles. The van der Waals surface area contributed by atoms with Gasteiger partial charge in [0.2, 0.25) is 0 Å². The fourth-order valence-corrected chi connectivity index (χ4v) is 0.943. The Labute approximate surface area is 72.7 Å². The molecule has 0 saturated heterocycles. The molecule has 2 rings (SSSR count). The molecule has 0 aliphatic heterocycles. The quantitative estimate of drug-likeness (QED) is 0.605. The Morgan fingerprint density at radius 2 is 1.42 bits per heavy atom. The second kappa shape index (κ2) is 2.86. The predicted octanol–water partition coefficient (Wildman–Crippen LogP) is -0.491. The minimum atomic E-state index is -0.421. The molecule has 64 valence electrons. The van der Waals surface area contributed by atoms with Gasteiger partial charge in [-0.1, -0.05) is 0 Å². The van der Waals surface area contributed by atoms with Gasteiger partial charge in [0.1, 0.15) is 0 Å². The molecule has 0 spiro atoms. The maximum atomic E-state index is 10.9. The summed E-state index contributed by atoms with van der Waals surface area (Å²) < 4.78 is 2.39. The second-order valence-corrected chi connectivity index (χ2v) is 2.11. The Morgan fingerprint density at radius 3 is 1.83 bits per heavy atom. The molecular formula is C6H6ClN3O2. The normalized spacial score (nSPS) is 9.67. The van der Waals surface area contributed by atoms with Crippen LogP contribution in [0.5, 0.6) is 0 Å². The van der Waals surface area contributed by atoms with E-state index >= 15 is 0 Å². The largest absolute Gasteiger partial charge is 0.349 e. The fraction of sp³-hybridized carbons (Fsp3) is 0. The number of H-pyrrole nitrogens is 1. The topological polar surface area (TPSA) is 58.8 Å². The zero-order valence-electron chi connectivity index (χ0n) is 5.93. The van der Waals surface area contributed by atoms with Gasteiger partial charge in [0.15, 0.2) is 0 Å². The van der Waals surface area contributed by atoms with Crippen LogP contribution in [-0.2, 0) is 0 Å². The second-order valence-electron chi connectivity index (χ2n) is 2.11. The molecule has 0 radical (unpaired) electrons. The van der Waals surface area contributed by atoms with Crippen molar-refractivity contribution in [1.29, 1.82) is 0 Å². The molecule has 0 atom stereocenters. The number of rotatable bonds is 0. The summed E-state index contributed by atoms with van der Waals surface area (Å²) in [6, 6.07) is 3.35. The minimum Gasteiger partial charge on any atom is -0.256 e. The third kappa shape index (κ3) is 1.04. The van der Waals surface area contributed by atoms with Gasteiger partial charge in [0.05, 0.1) is 0 Å². The highest BCUT2D eigenvalue weighted by Crippen LogP contribution is 1.77. The molecule has 2 aromatic heterocycles. The van der Waals surface area contributed by atoms with Crippen molar-refractivity contribution in [2.24, 2.45) is 0 Å². The highest BCUT2D eigenvalue weighted by Gasteiger charge is 1.96. The summed E-state index contributed by atoms with van der Waals surface area (Å²) in [6.45, 7) is 0. The number of nitrogens with zero attached hydrogens (tertiary/aromatic N) is 2. The van der Waals surface area contributed by atoms with Crippen molar-refractivity contribution >= 4 is 12.4 Å². The first-order valence-electron chi connectivity index (χ1n) is 3.07. The van der Waals surface area contributed by atoms with Gasteiger partial charge in [-0.05, 0) is 12.1 Å². The molecule has 0 unspecified atom stereocenters. The molecule has 1 N–H and O–H groups in total. The SMILES string of the molecule is Cl.O=c1[nH]c(=O)n2ccccn12. The maximum Gasteiger partial charge on any atom is 0.349 e. The Bertz CT molecular complexity index is 451. The first-order chi connectivity index (χ1) is 5.29. The zero-order chi connectivity index (χ0) is 7.84. The Hall–Kier alpha value is -1.49. The summed E-state index contributed by atoms with van der Waals surface area (Å²) in [6.07, 6.45) is 3.03. The van der Waals surface area contributed by atoms with Crippen LogP contribution in [0.2, 0.25) is 0 Å². The van der Waals surface area contributed by atoms with Gasteiger partial charge in [-0.2, -0.15) is 0 Å². The Balaban J connectivity index is 0.000000720. The smallest absolute Gasteiger partial charge is 0.256 e. The van der Waals surface area contributed by atoms with Gasteiger partial charge in [-0.15, -0.1) is 12.4 Å². The van der Waals surface area contributed by atoms with E-state index in [0.717, 1.165) is 0 Å². The van der Waals surface area contributed by atoms with Crippen LogP contribution in [0.15, 0.2) is 34.1 Å². The fourth-order valence-electron chi connectivity index (χ4n) is 0.943. The van der Waals surface area contributed by atoms with Crippen molar-refractivity contribution in [2.75, 3.05) is 0 Å². The summed E-state index contributed by atoms with van der Waals surface area (Å²) in [5.41, 5.74) is -0.841. The van der Waals surface area contributed by atoms with E-state index in [1.54, 1.807) is 12.1 Å². The molecule has 5 nitrogen and oxygen atoms in total. The molecule has 0 aromatic carbocycles. The first-order valence-corrected chi connectivity index (χ1v) is 3.07. The minimum absolute atomic E-state index is 0. The van der Waals surface area contributed by atoms with Crippen LogP contribution in [-0.4, -0.2) is 14.0 Å². The summed E-state index contributed by atoms with van der Waals surface area (Å²) in [5.74, 6) is 0. The van der Waals surface area contributed by atoms with E-state index in [2.05, 4.69) is 4.98 Å². The molecule has 0 fully saturated rings. The lowest BCUT2D eigenvalue weighted by molar-refractivity contribution is 0.773. The monoisotopic (exact) mass is 187 g/mol. The van der Waals surface area contributed by atoms with Gasteiger partial charge in [0, 0.05) is 12.4 Å². The lowest BCUT2D eigenvalue weighted by atomic mass is 10.6. The van der Waals surface area contributed by atoms with E-state index in [1.807, 2.05) is 0 Å². The molecule has 6 heteroatoms. The van der Waals surface area contributed by atoms with E-state index in [1.165, 1.54) is 21.4 Å². The van der Waals surface area contributed by atoms with Crippen LogP contribution in [0.3, 0.4) is 0 Å². The lowest BCUT2D eigenvalue weighted by Gasteiger charge is -1.89. The van der Waals surface area contributed by atoms with E-state index in [9.17, 15) is 9.59 Å². The van der Waals surface area contributed by atoms with E-state index < -0.39 is 11.4 Å². The molecule has 0 aliphatic rings. The lowest BCUT2D eigenvalue weighted by Crippen LogP contribution is -2.12. The van der Waals surface area contributed by atoms with Crippen molar-refractivity contribution in [3.63, 3.8) is 0 Å². The van der Waals surface area contributed by atoms with Gasteiger partial charge >= 0.3 is 11.4 Å². The number of hydrogen-bond acceptors (Lipinski definition) is 2. The van der Waals surface area contributed by atoms with Crippen molar-refractivity contribution in [1.82, 2.24) is 14.0 Å². The van der Waals surface area contributed by atoms with Crippen molar-refractivity contribution in [2.45, 2.75) is 0 Å². The van der Waals surface area contributed by atoms with Crippen molar-refractivity contribution in [3.8, 4) is 0 Å². The molecular weight excluding hydrogens is 182 g/mol. The third-order valence-corrected chi connectivity index (χ3v) is 1.43. The number of aromatic amines is 1. The Morgan fingerprint density at radius 1 is 1.00 bits per heavy atom. The molecule has 0 bridgehead atoms. The number of aromatic nitrogens is 3. The van der Waals surface area contributed by atoms with Gasteiger partial charge in [-0.3, -0.25) is 4.98 Å². The van der Waals surface area contributed by atoms with Crippen LogP contribution in [0, 0.1) is 0 Å². The van der Waals surface area contributed by atoms with Crippen LogP contribution in [0.4, 0.5) is 0 Å². The van der Waals surface area contributed by atoms with Gasteiger partial charge < -0.3 is 0 Å². The maximum absolute atomic E-state index is 10.9. The van der Waals surface area contributed by atoms with E-state index in [-0.39, 0.29) is 12.4 Å². The van der Waals surface area contributed by atoms with E-state index in [4.69, 9.17) is 0 Å². The molecule has 0 amide bonds. The van der Waals surface area contributed by atoms with Gasteiger partial charge in [0.25, 0.3) is 0 Å². The molecule has 2 aromatic rings. The van der Waals surface area contributed by atoms with Crippen LogP contribution >= 0.6 is 12.4 Å². The summed E-state index contributed by atoms with van der Waals surface area (Å²) >= 11 is 0. The standard InChI is InChI=1S/C6H5N3O2.ClH/c10-5-7-6(11)9-4-2-1-3-8(5)9;/h1-4H,(H,7,10,11);1H. The summed E-state index contributed by atoms with van der Waals surface area (Å²) in [7, 11) is 0.